The monoisotopic (exact) mass is 399 g/mol. The number of aromatic nitrogens is 1. The number of ether oxygens (including phenoxy) is 1. The number of rotatable bonds is 7. The molecule has 0 radical (unpaired) electrons. The molecule has 0 atom stereocenters. The minimum Gasteiger partial charge on any atom is -0.462 e. The van der Waals surface area contributed by atoms with Gasteiger partial charge in [-0.05, 0) is 64.3 Å². The van der Waals surface area contributed by atoms with E-state index in [1.54, 1.807) is 13.0 Å². The number of fused-ring (bicyclic) bond motifs is 1. The number of carbonyl (C=O) groups excluding carboxylic acids is 2. The Morgan fingerprint density at radius 1 is 1.17 bits per heavy atom. The van der Waals surface area contributed by atoms with Crippen LogP contribution in [0.15, 0.2) is 24.3 Å². The van der Waals surface area contributed by atoms with E-state index in [1.807, 2.05) is 18.2 Å². The highest BCUT2D eigenvalue weighted by atomic mass is 16.5. The van der Waals surface area contributed by atoms with E-state index in [4.69, 9.17) is 4.74 Å². The van der Waals surface area contributed by atoms with Crippen LogP contribution in [0.1, 0.15) is 67.8 Å². The number of benzene rings is 1. The molecule has 29 heavy (non-hydrogen) atoms. The molecule has 1 aliphatic rings. The maximum Gasteiger partial charge on any atom is 0.338 e. The van der Waals surface area contributed by atoms with Gasteiger partial charge in [0.1, 0.15) is 5.69 Å². The van der Waals surface area contributed by atoms with Gasteiger partial charge in [0.2, 0.25) is 0 Å². The first kappa shape index (κ1) is 21.4. The van der Waals surface area contributed by atoms with Crippen molar-refractivity contribution in [3.63, 3.8) is 0 Å². The average molecular weight is 400 g/mol. The molecule has 1 fully saturated rings. The molecule has 2 aromatic rings. The molecule has 3 rings (SSSR count). The van der Waals surface area contributed by atoms with Gasteiger partial charge in [-0.25, -0.2) is 4.79 Å². The number of nitrogens with zero attached hydrogens (tertiary/aromatic N) is 2. The number of esters is 1. The van der Waals surface area contributed by atoms with E-state index >= 15 is 0 Å². The van der Waals surface area contributed by atoms with Crippen molar-refractivity contribution in [2.75, 3.05) is 19.7 Å². The molecule has 0 saturated carbocycles. The molecule has 0 bridgehead atoms. The van der Waals surface area contributed by atoms with Crippen molar-refractivity contribution in [3.05, 3.63) is 35.5 Å². The number of hydrogen-bond donors (Lipinski definition) is 1. The van der Waals surface area contributed by atoms with E-state index < -0.39 is 0 Å². The van der Waals surface area contributed by atoms with Gasteiger partial charge in [0.15, 0.2) is 0 Å². The SMILES string of the molecule is CCCn1c(C(=O)NC2CCN(C(C)C)CC2)cc2cc(C(=O)OCC)ccc21. The van der Waals surface area contributed by atoms with Gasteiger partial charge >= 0.3 is 5.97 Å². The Morgan fingerprint density at radius 3 is 2.52 bits per heavy atom. The van der Waals surface area contributed by atoms with Gasteiger partial charge in [0.05, 0.1) is 12.2 Å². The zero-order valence-corrected chi connectivity index (χ0v) is 18.0. The molecular weight excluding hydrogens is 366 g/mol. The topological polar surface area (TPSA) is 63.6 Å². The minimum atomic E-state index is -0.333. The van der Waals surface area contributed by atoms with Crippen LogP contribution >= 0.6 is 0 Å². The number of piperidine rings is 1. The summed E-state index contributed by atoms with van der Waals surface area (Å²) in [5.41, 5.74) is 2.15. The molecule has 1 aliphatic heterocycles. The van der Waals surface area contributed by atoms with Gasteiger partial charge < -0.3 is 19.5 Å². The van der Waals surface area contributed by atoms with E-state index in [-0.39, 0.29) is 17.9 Å². The van der Waals surface area contributed by atoms with Crippen molar-refractivity contribution >= 4 is 22.8 Å². The fourth-order valence-corrected chi connectivity index (χ4v) is 4.08. The Balaban J connectivity index is 1.80. The van der Waals surface area contributed by atoms with Crippen LogP contribution in [0.5, 0.6) is 0 Å². The van der Waals surface area contributed by atoms with Crippen LogP contribution in [0.25, 0.3) is 10.9 Å². The molecule has 6 heteroatoms. The summed E-state index contributed by atoms with van der Waals surface area (Å²) < 4.78 is 7.16. The lowest BCUT2D eigenvalue weighted by Gasteiger charge is -2.34. The summed E-state index contributed by atoms with van der Waals surface area (Å²) in [5.74, 6) is -0.365. The maximum absolute atomic E-state index is 13.1. The number of amides is 1. The molecule has 2 heterocycles. The van der Waals surface area contributed by atoms with Gasteiger partial charge in [0, 0.05) is 42.6 Å². The Morgan fingerprint density at radius 2 is 1.90 bits per heavy atom. The summed E-state index contributed by atoms with van der Waals surface area (Å²) in [7, 11) is 0. The fraction of sp³-hybridized carbons (Fsp3) is 0.565. The zero-order chi connectivity index (χ0) is 21.0. The average Bonchev–Trinajstić information content (AvgIpc) is 3.07. The highest BCUT2D eigenvalue weighted by Gasteiger charge is 2.24. The second kappa shape index (κ2) is 9.44. The van der Waals surface area contributed by atoms with Crippen molar-refractivity contribution in [1.82, 2.24) is 14.8 Å². The Bertz CT molecular complexity index is 864. The maximum atomic E-state index is 13.1. The smallest absolute Gasteiger partial charge is 0.338 e. The Hall–Kier alpha value is -2.34. The lowest BCUT2D eigenvalue weighted by atomic mass is 10.0. The van der Waals surface area contributed by atoms with E-state index in [1.165, 1.54) is 0 Å². The van der Waals surface area contributed by atoms with E-state index in [2.05, 4.69) is 35.6 Å². The van der Waals surface area contributed by atoms with Gasteiger partial charge in [-0.3, -0.25) is 4.79 Å². The first-order valence-electron chi connectivity index (χ1n) is 10.8. The molecule has 1 N–H and O–H groups in total. The summed E-state index contributed by atoms with van der Waals surface area (Å²) in [6.45, 7) is 11.5. The summed E-state index contributed by atoms with van der Waals surface area (Å²) in [5, 5.41) is 4.13. The van der Waals surface area contributed by atoms with Gasteiger partial charge in [0.25, 0.3) is 5.91 Å². The number of nitrogens with one attached hydrogen (secondary N) is 1. The van der Waals surface area contributed by atoms with Gasteiger partial charge in [-0.15, -0.1) is 0 Å². The summed E-state index contributed by atoms with van der Waals surface area (Å²) in [4.78, 5) is 27.6. The lowest BCUT2D eigenvalue weighted by Crippen LogP contribution is -2.46. The first-order valence-corrected chi connectivity index (χ1v) is 10.8. The molecule has 0 unspecified atom stereocenters. The number of likely N-dealkylation sites (tertiary alicyclic amines) is 1. The highest BCUT2D eigenvalue weighted by Crippen LogP contribution is 2.23. The molecule has 1 aromatic carbocycles. The van der Waals surface area contributed by atoms with E-state index in [0.717, 1.165) is 49.8 Å². The Kier molecular flexibility index (Phi) is 6.96. The van der Waals surface area contributed by atoms with Crippen LogP contribution in [0.3, 0.4) is 0 Å². The third-order valence-corrected chi connectivity index (χ3v) is 5.69. The molecule has 0 spiro atoms. The largest absolute Gasteiger partial charge is 0.462 e. The summed E-state index contributed by atoms with van der Waals surface area (Å²) in [6.07, 6.45) is 2.88. The molecule has 1 aromatic heterocycles. The first-order chi connectivity index (χ1) is 13.9. The number of carbonyl (C=O) groups is 2. The third kappa shape index (κ3) is 4.81. The second-order valence-corrected chi connectivity index (χ2v) is 8.05. The normalized spacial score (nSPS) is 15.8. The molecule has 0 aliphatic carbocycles. The second-order valence-electron chi connectivity index (χ2n) is 8.05. The van der Waals surface area contributed by atoms with Gasteiger partial charge in [-0.2, -0.15) is 0 Å². The molecule has 1 saturated heterocycles. The summed E-state index contributed by atoms with van der Waals surface area (Å²) >= 11 is 0. The van der Waals surface area contributed by atoms with E-state index in [0.29, 0.717) is 23.9 Å². The van der Waals surface area contributed by atoms with Crippen LogP contribution < -0.4 is 5.32 Å². The molecular formula is C23H33N3O3. The fourth-order valence-electron chi connectivity index (χ4n) is 4.08. The third-order valence-electron chi connectivity index (χ3n) is 5.69. The predicted octanol–water partition coefficient (Wildman–Crippen LogP) is 3.83. The van der Waals surface area contributed by atoms with Crippen molar-refractivity contribution in [1.29, 1.82) is 0 Å². The number of aryl methyl sites for hydroxylation is 1. The van der Waals surface area contributed by atoms with Crippen LogP contribution in [-0.4, -0.2) is 53.1 Å². The predicted molar refractivity (Wildman–Crippen MR) is 115 cm³/mol. The van der Waals surface area contributed by atoms with Crippen LogP contribution in [0.2, 0.25) is 0 Å². The lowest BCUT2D eigenvalue weighted by molar-refractivity contribution is 0.0526. The van der Waals surface area contributed by atoms with Crippen molar-refractivity contribution in [2.45, 2.75) is 65.6 Å². The Labute approximate surface area is 173 Å². The van der Waals surface area contributed by atoms with Gasteiger partial charge in [-0.1, -0.05) is 6.92 Å². The highest BCUT2D eigenvalue weighted by molar-refractivity contribution is 6.01. The molecule has 158 valence electrons. The molecule has 6 nitrogen and oxygen atoms in total. The van der Waals surface area contributed by atoms with Crippen molar-refractivity contribution < 1.29 is 14.3 Å². The standard InChI is InChI=1S/C23H33N3O3/c1-5-11-26-20-8-7-17(23(28)29-6-2)14-18(20)15-21(26)22(27)24-19-9-12-25(13-10-19)16(3)4/h7-8,14-16,19H,5-6,9-13H2,1-4H3,(H,24,27). The summed E-state index contributed by atoms with van der Waals surface area (Å²) in [6, 6.07) is 8.15. The van der Waals surface area contributed by atoms with Crippen LogP contribution in [-0.2, 0) is 11.3 Å². The van der Waals surface area contributed by atoms with Crippen molar-refractivity contribution in [2.24, 2.45) is 0 Å². The number of hydrogen-bond acceptors (Lipinski definition) is 4. The van der Waals surface area contributed by atoms with Crippen LogP contribution in [0, 0.1) is 0 Å². The van der Waals surface area contributed by atoms with Crippen LogP contribution in [0.4, 0.5) is 0 Å². The molecule has 1 amide bonds. The van der Waals surface area contributed by atoms with E-state index in [9.17, 15) is 9.59 Å². The minimum absolute atomic E-state index is 0.0321. The quantitative estimate of drug-likeness (QED) is 0.719. The van der Waals surface area contributed by atoms with Crippen molar-refractivity contribution in [3.8, 4) is 0 Å². The zero-order valence-electron chi connectivity index (χ0n) is 18.0.